The van der Waals surface area contributed by atoms with Gasteiger partial charge in [0, 0.05) is 22.9 Å². The minimum Gasteiger partial charge on any atom is -0.381 e. The molecule has 14 heavy (non-hydrogen) atoms. The lowest BCUT2D eigenvalue weighted by atomic mass is 10.0. The molecule has 1 rings (SSSR count). The Balaban J connectivity index is 2.64. The highest BCUT2D eigenvalue weighted by atomic mass is 79.9. The predicted octanol–water partition coefficient (Wildman–Crippen LogP) is 3.81. The third kappa shape index (κ3) is 3.60. The molecule has 3 heteroatoms. The summed E-state index contributed by atoms with van der Waals surface area (Å²) in [6, 6.07) is 8.22. The van der Waals surface area contributed by atoms with Gasteiger partial charge >= 0.3 is 0 Å². The molecule has 0 saturated heterocycles. The van der Waals surface area contributed by atoms with E-state index >= 15 is 0 Å². The second-order valence-electron chi connectivity index (χ2n) is 3.06. The van der Waals surface area contributed by atoms with Gasteiger partial charge in [-0.25, -0.2) is 0 Å². The van der Waals surface area contributed by atoms with Crippen molar-refractivity contribution in [2.24, 2.45) is 0 Å². The van der Waals surface area contributed by atoms with Crippen LogP contribution in [0.2, 0.25) is 0 Å². The molecule has 78 valence electrons. The van der Waals surface area contributed by atoms with Gasteiger partial charge in [-0.3, -0.25) is 0 Å². The zero-order valence-electron chi connectivity index (χ0n) is 8.17. The summed E-state index contributed by atoms with van der Waals surface area (Å²) < 4.78 is 6.46. The van der Waals surface area contributed by atoms with Crippen molar-refractivity contribution in [3.05, 3.63) is 34.3 Å². The third-order valence-corrected chi connectivity index (χ3v) is 2.95. The maximum atomic E-state index is 5.89. The van der Waals surface area contributed by atoms with E-state index in [2.05, 4.69) is 28.1 Å². The van der Waals surface area contributed by atoms with E-state index < -0.39 is 0 Å². The predicted molar refractivity (Wildman–Crippen MR) is 64.1 cm³/mol. The van der Waals surface area contributed by atoms with Crippen LogP contribution >= 0.6 is 27.5 Å². The SMILES string of the molecule is CCOCC(CCl)c1ccc(Br)cc1. The first-order valence-corrected chi connectivity index (χ1v) is 5.99. The molecule has 0 aromatic heterocycles. The van der Waals surface area contributed by atoms with Crippen LogP contribution in [0.15, 0.2) is 28.7 Å². The smallest absolute Gasteiger partial charge is 0.0546 e. The zero-order chi connectivity index (χ0) is 10.4. The van der Waals surface area contributed by atoms with Crippen LogP contribution in [0.5, 0.6) is 0 Å². The molecule has 0 heterocycles. The second-order valence-corrected chi connectivity index (χ2v) is 4.29. The van der Waals surface area contributed by atoms with Gasteiger partial charge in [0.2, 0.25) is 0 Å². The molecule has 0 amide bonds. The van der Waals surface area contributed by atoms with E-state index in [4.69, 9.17) is 16.3 Å². The maximum Gasteiger partial charge on any atom is 0.0546 e. The van der Waals surface area contributed by atoms with E-state index in [1.165, 1.54) is 5.56 Å². The van der Waals surface area contributed by atoms with Gasteiger partial charge in [0.05, 0.1) is 6.61 Å². The summed E-state index contributed by atoms with van der Waals surface area (Å²) in [5.41, 5.74) is 1.23. The standard InChI is InChI=1S/C11H14BrClO/c1-2-14-8-10(7-13)9-3-5-11(12)6-4-9/h3-6,10H,2,7-8H2,1H3. The minimum absolute atomic E-state index is 0.296. The lowest BCUT2D eigenvalue weighted by Crippen LogP contribution is -2.09. The van der Waals surface area contributed by atoms with Crippen LogP contribution in [-0.4, -0.2) is 19.1 Å². The molecule has 0 fully saturated rings. The molecule has 1 unspecified atom stereocenters. The quantitative estimate of drug-likeness (QED) is 0.744. The maximum absolute atomic E-state index is 5.89. The number of benzene rings is 1. The molecule has 0 bridgehead atoms. The highest BCUT2D eigenvalue weighted by Gasteiger charge is 2.09. The molecule has 1 nitrogen and oxygen atoms in total. The molecular weight excluding hydrogens is 263 g/mol. The van der Waals surface area contributed by atoms with Crippen LogP contribution in [0.1, 0.15) is 18.4 Å². The summed E-state index contributed by atoms with van der Waals surface area (Å²) in [6.07, 6.45) is 0. The van der Waals surface area contributed by atoms with Gasteiger partial charge in [-0.1, -0.05) is 28.1 Å². The molecule has 0 radical (unpaired) electrons. The van der Waals surface area contributed by atoms with E-state index in [1.54, 1.807) is 0 Å². The molecule has 0 aliphatic rings. The van der Waals surface area contributed by atoms with Crippen LogP contribution < -0.4 is 0 Å². The van der Waals surface area contributed by atoms with Gasteiger partial charge in [0.15, 0.2) is 0 Å². The summed E-state index contributed by atoms with van der Waals surface area (Å²) in [6.45, 7) is 3.43. The number of ether oxygens (including phenoxy) is 1. The fraction of sp³-hybridized carbons (Fsp3) is 0.455. The molecule has 0 spiro atoms. The van der Waals surface area contributed by atoms with Crippen molar-refractivity contribution in [3.8, 4) is 0 Å². The lowest BCUT2D eigenvalue weighted by Gasteiger charge is -2.13. The Hall–Kier alpha value is -0.0500. The van der Waals surface area contributed by atoms with Crippen molar-refractivity contribution < 1.29 is 4.74 Å². The van der Waals surface area contributed by atoms with E-state index in [0.717, 1.165) is 11.1 Å². The van der Waals surface area contributed by atoms with Crippen molar-refractivity contribution in [2.45, 2.75) is 12.8 Å². The lowest BCUT2D eigenvalue weighted by molar-refractivity contribution is 0.137. The molecule has 0 aliphatic heterocycles. The molecule has 1 aromatic rings. The van der Waals surface area contributed by atoms with Crippen LogP contribution in [0.25, 0.3) is 0 Å². The average molecular weight is 278 g/mol. The van der Waals surface area contributed by atoms with Gasteiger partial charge in [-0.15, -0.1) is 11.6 Å². The monoisotopic (exact) mass is 276 g/mol. The van der Waals surface area contributed by atoms with Crippen molar-refractivity contribution in [1.29, 1.82) is 0 Å². The van der Waals surface area contributed by atoms with Crippen molar-refractivity contribution in [3.63, 3.8) is 0 Å². The molecular formula is C11H14BrClO. The summed E-state index contributed by atoms with van der Waals surface area (Å²) in [5.74, 6) is 0.895. The van der Waals surface area contributed by atoms with E-state index in [-0.39, 0.29) is 0 Å². The van der Waals surface area contributed by atoms with Crippen molar-refractivity contribution in [1.82, 2.24) is 0 Å². The normalized spacial score (nSPS) is 12.8. The summed E-state index contributed by atoms with van der Waals surface area (Å²) in [7, 11) is 0. The average Bonchev–Trinajstić information content (AvgIpc) is 2.21. The first kappa shape index (κ1) is 12.0. The largest absolute Gasteiger partial charge is 0.381 e. The Morgan fingerprint density at radius 1 is 1.36 bits per heavy atom. The number of hydrogen-bond donors (Lipinski definition) is 0. The second kappa shape index (κ2) is 6.44. The van der Waals surface area contributed by atoms with Gasteiger partial charge < -0.3 is 4.74 Å². The van der Waals surface area contributed by atoms with Gasteiger partial charge in [-0.05, 0) is 24.6 Å². The molecule has 0 saturated carbocycles. The molecule has 0 aliphatic carbocycles. The van der Waals surface area contributed by atoms with E-state index in [1.807, 2.05) is 19.1 Å². The number of halogens is 2. The third-order valence-electron chi connectivity index (χ3n) is 2.05. The van der Waals surface area contributed by atoms with Gasteiger partial charge in [0.1, 0.15) is 0 Å². The molecule has 1 atom stereocenters. The molecule has 0 N–H and O–H groups in total. The van der Waals surface area contributed by atoms with Crippen molar-refractivity contribution >= 4 is 27.5 Å². The summed E-state index contributed by atoms with van der Waals surface area (Å²) >= 11 is 9.29. The van der Waals surface area contributed by atoms with Gasteiger partial charge in [-0.2, -0.15) is 0 Å². The first-order chi connectivity index (χ1) is 6.77. The zero-order valence-corrected chi connectivity index (χ0v) is 10.5. The van der Waals surface area contributed by atoms with Crippen LogP contribution in [-0.2, 0) is 4.74 Å². The summed E-state index contributed by atoms with van der Waals surface area (Å²) in [5, 5.41) is 0. The van der Waals surface area contributed by atoms with Crippen LogP contribution in [0.4, 0.5) is 0 Å². The Bertz CT molecular complexity index is 260. The highest BCUT2D eigenvalue weighted by Crippen LogP contribution is 2.20. The van der Waals surface area contributed by atoms with Crippen LogP contribution in [0, 0.1) is 0 Å². The number of alkyl halides is 1. The minimum atomic E-state index is 0.296. The fourth-order valence-electron chi connectivity index (χ4n) is 1.22. The Morgan fingerprint density at radius 2 is 2.00 bits per heavy atom. The fourth-order valence-corrected chi connectivity index (χ4v) is 1.76. The highest BCUT2D eigenvalue weighted by molar-refractivity contribution is 9.10. The Labute approximate surface area is 98.5 Å². The topological polar surface area (TPSA) is 9.23 Å². The number of rotatable bonds is 5. The van der Waals surface area contributed by atoms with Gasteiger partial charge in [0.25, 0.3) is 0 Å². The Morgan fingerprint density at radius 3 is 2.50 bits per heavy atom. The van der Waals surface area contributed by atoms with Crippen molar-refractivity contribution in [2.75, 3.05) is 19.1 Å². The van der Waals surface area contributed by atoms with E-state index in [0.29, 0.717) is 18.4 Å². The summed E-state index contributed by atoms with van der Waals surface area (Å²) in [4.78, 5) is 0. The van der Waals surface area contributed by atoms with Crippen LogP contribution in [0.3, 0.4) is 0 Å². The Kier molecular flexibility index (Phi) is 5.53. The molecule has 1 aromatic carbocycles. The first-order valence-electron chi connectivity index (χ1n) is 4.67. The number of hydrogen-bond acceptors (Lipinski definition) is 1. The van der Waals surface area contributed by atoms with E-state index in [9.17, 15) is 0 Å².